The van der Waals surface area contributed by atoms with Crippen LogP contribution in [0.5, 0.6) is 0 Å². The lowest BCUT2D eigenvalue weighted by Crippen LogP contribution is -2.29. The number of aliphatic hydroxyl groups is 1. The molecule has 0 aliphatic carbocycles. The summed E-state index contributed by atoms with van der Waals surface area (Å²) in [5.41, 5.74) is 7.42. The van der Waals surface area contributed by atoms with Gasteiger partial charge in [-0.15, -0.1) is 0 Å². The molecule has 1 unspecified atom stereocenters. The van der Waals surface area contributed by atoms with E-state index < -0.39 is 4.92 Å². The number of nitrogens with zero attached hydrogens (tertiary/aromatic N) is 2. The van der Waals surface area contributed by atoms with E-state index in [-0.39, 0.29) is 12.3 Å². The fourth-order valence-corrected chi connectivity index (χ4v) is 2.82. The second kappa shape index (κ2) is 6.67. The highest BCUT2D eigenvalue weighted by Crippen LogP contribution is 2.27. The first-order valence-electron chi connectivity index (χ1n) is 6.99. The fourth-order valence-electron chi connectivity index (χ4n) is 2.82. The Morgan fingerprint density at radius 3 is 3.00 bits per heavy atom. The van der Waals surface area contributed by atoms with Gasteiger partial charge in [0.15, 0.2) is 0 Å². The third-order valence-electron chi connectivity index (χ3n) is 3.91. The molecule has 20 heavy (non-hydrogen) atoms. The van der Waals surface area contributed by atoms with E-state index in [1.54, 1.807) is 12.1 Å². The van der Waals surface area contributed by atoms with Crippen molar-refractivity contribution < 1.29 is 10.0 Å². The number of hydrogen-bond donors (Lipinski definition) is 2. The highest BCUT2D eigenvalue weighted by molar-refractivity contribution is 5.52. The number of aliphatic hydroxyl groups excluding tert-OH is 1. The van der Waals surface area contributed by atoms with Crippen molar-refractivity contribution in [3.63, 3.8) is 0 Å². The number of nitro benzene ring substituents is 1. The third kappa shape index (κ3) is 3.46. The number of anilines is 1. The molecule has 0 radical (unpaired) electrons. The van der Waals surface area contributed by atoms with Gasteiger partial charge < -0.3 is 10.8 Å². The van der Waals surface area contributed by atoms with Crippen LogP contribution in [0.15, 0.2) is 18.2 Å². The summed E-state index contributed by atoms with van der Waals surface area (Å²) in [5, 5.41) is 19.8. The maximum absolute atomic E-state index is 10.8. The third-order valence-corrected chi connectivity index (χ3v) is 3.91. The van der Waals surface area contributed by atoms with Crippen LogP contribution in [0.25, 0.3) is 0 Å². The van der Waals surface area contributed by atoms with Gasteiger partial charge in [0, 0.05) is 37.0 Å². The maximum atomic E-state index is 10.8. The first kappa shape index (κ1) is 14.7. The molecule has 1 atom stereocenters. The Morgan fingerprint density at radius 2 is 2.30 bits per heavy atom. The second-order valence-electron chi connectivity index (χ2n) is 5.27. The monoisotopic (exact) mass is 279 g/mol. The van der Waals surface area contributed by atoms with Gasteiger partial charge in [-0.2, -0.15) is 0 Å². The molecular weight excluding hydrogens is 258 g/mol. The molecule has 1 fully saturated rings. The van der Waals surface area contributed by atoms with E-state index in [1.807, 2.05) is 0 Å². The molecular formula is C14H21N3O3. The highest BCUT2D eigenvalue weighted by atomic mass is 16.6. The highest BCUT2D eigenvalue weighted by Gasteiger charge is 2.24. The van der Waals surface area contributed by atoms with Gasteiger partial charge >= 0.3 is 0 Å². The van der Waals surface area contributed by atoms with Crippen LogP contribution in [0.3, 0.4) is 0 Å². The molecule has 0 amide bonds. The van der Waals surface area contributed by atoms with Crippen LogP contribution in [0.2, 0.25) is 0 Å². The Bertz CT molecular complexity index is 479. The molecule has 3 N–H and O–H groups in total. The number of likely N-dealkylation sites (tertiary alicyclic amines) is 1. The van der Waals surface area contributed by atoms with Crippen LogP contribution in [0.1, 0.15) is 31.2 Å². The molecule has 0 saturated carbocycles. The Labute approximate surface area is 118 Å². The van der Waals surface area contributed by atoms with Gasteiger partial charge in [-0.25, -0.2) is 0 Å². The number of non-ortho nitro benzene ring substituents is 1. The van der Waals surface area contributed by atoms with E-state index >= 15 is 0 Å². The first-order chi connectivity index (χ1) is 9.61. The molecule has 1 aliphatic heterocycles. The van der Waals surface area contributed by atoms with Gasteiger partial charge in [0.2, 0.25) is 0 Å². The van der Waals surface area contributed by atoms with Gasteiger partial charge in [0.05, 0.1) is 4.92 Å². The number of nitro groups is 1. The molecule has 110 valence electrons. The molecule has 1 aromatic rings. The maximum Gasteiger partial charge on any atom is 0.269 e. The molecule has 6 heteroatoms. The average molecular weight is 279 g/mol. The van der Waals surface area contributed by atoms with Gasteiger partial charge in [-0.05, 0) is 43.9 Å². The Hall–Kier alpha value is -1.66. The van der Waals surface area contributed by atoms with Crippen LogP contribution >= 0.6 is 0 Å². The lowest BCUT2D eigenvalue weighted by atomic mass is 10.1. The van der Waals surface area contributed by atoms with Crippen molar-refractivity contribution in [2.45, 2.75) is 38.3 Å². The molecule has 0 aromatic heterocycles. The van der Waals surface area contributed by atoms with Gasteiger partial charge in [-0.1, -0.05) is 0 Å². The van der Waals surface area contributed by atoms with Crippen LogP contribution in [0, 0.1) is 10.1 Å². The zero-order valence-corrected chi connectivity index (χ0v) is 11.5. The predicted molar refractivity (Wildman–Crippen MR) is 77.3 cm³/mol. The minimum Gasteiger partial charge on any atom is -0.398 e. The van der Waals surface area contributed by atoms with Gasteiger partial charge in [0.1, 0.15) is 0 Å². The molecule has 1 heterocycles. The minimum atomic E-state index is -0.393. The van der Waals surface area contributed by atoms with E-state index in [9.17, 15) is 10.1 Å². The Morgan fingerprint density at radius 1 is 1.50 bits per heavy atom. The smallest absolute Gasteiger partial charge is 0.269 e. The lowest BCUT2D eigenvalue weighted by molar-refractivity contribution is -0.384. The van der Waals surface area contributed by atoms with E-state index in [2.05, 4.69) is 4.90 Å². The summed E-state index contributed by atoms with van der Waals surface area (Å²) in [4.78, 5) is 12.7. The summed E-state index contributed by atoms with van der Waals surface area (Å²) in [5.74, 6) is 0. The normalized spacial score (nSPS) is 19.4. The van der Waals surface area contributed by atoms with Gasteiger partial charge in [-0.3, -0.25) is 15.0 Å². The minimum absolute atomic E-state index is 0.0836. The second-order valence-corrected chi connectivity index (χ2v) is 5.27. The van der Waals surface area contributed by atoms with E-state index in [4.69, 9.17) is 10.8 Å². The van der Waals surface area contributed by atoms with Crippen LogP contribution < -0.4 is 5.73 Å². The topological polar surface area (TPSA) is 92.6 Å². The summed E-state index contributed by atoms with van der Waals surface area (Å²) in [6.45, 7) is 1.84. The summed E-state index contributed by atoms with van der Waals surface area (Å²) in [6.07, 6.45) is 4.01. The van der Waals surface area contributed by atoms with Crippen molar-refractivity contribution in [2.24, 2.45) is 0 Å². The lowest BCUT2D eigenvalue weighted by Gasteiger charge is -2.24. The van der Waals surface area contributed by atoms with E-state index in [0.29, 0.717) is 18.3 Å². The molecule has 0 spiro atoms. The summed E-state index contributed by atoms with van der Waals surface area (Å²) < 4.78 is 0. The Balaban J connectivity index is 2.08. The quantitative estimate of drug-likeness (QED) is 0.471. The van der Waals surface area contributed by atoms with Crippen molar-refractivity contribution in [2.75, 3.05) is 18.9 Å². The molecule has 2 rings (SSSR count). The van der Waals surface area contributed by atoms with Crippen LogP contribution in [-0.4, -0.2) is 34.1 Å². The van der Waals surface area contributed by atoms with Crippen molar-refractivity contribution in [3.8, 4) is 0 Å². The SMILES string of the molecule is Nc1ccc([N+](=O)[O-])cc1CN1CCCC1CCCO. The van der Waals surface area contributed by atoms with E-state index in [0.717, 1.165) is 37.8 Å². The van der Waals surface area contributed by atoms with Crippen molar-refractivity contribution in [1.29, 1.82) is 0 Å². The molecule has 1 aromatic carbocycles. The molecule has 1 saturated heterocycles. The largest absolute Gasteiger partial charge is 0.398 e. The summed E-state index contributed by atoms with van der Waals surface area (Å²) >= 11 is 0. The summed E-state index contributed by atoms with van der Waals surface area (Å²) in [6, 6.07) is 5.05. The summed E-state index contributed by atoms with van der Waals surface area (Å²) in [7, 11) is 0. The van der Waals surface area contributed by atoms with Crippen LogP contribution in [0.4, 0.5) is 11.4 Å². The predicted octanol–water partition coefficient (Wildman–Crippen LogP) is 1.91. The van der Waals surface area contributed by atoms with Crippen molar-refractivity contribution in [3.05, 3.63) is 33.9 Å². The number of nitrogen functional groups attached to an aromatic ring is 1. The van der Waals surface area contributed by atoms with Crippen molar-refractivity contribution >= 4 is 11.4 Å². The standard InChI is InChI=1S/C14H21N3O3/c15-14-6-5-13(17(19)20)9-11(14)10-16-7-1-3-12(16)4-2-8-18/h5-6,9,12,18H,1-4,7-8,10,15H2. The first-order valence-corrected chi connectivity index (χ1v) is 6.99. The fraction of sp³-hybridized carbons (Fsp3) is 0.571. The number of rotatable bonds is 6. The average Bonchev–Trinajstić information content (AvgIpc) is 2.86. The van der Waals surface area contributed by atoms with Crippen LogP contribution in [-0.2, 0) is 6.54 Å². The number of benzene rings is 1. The molecule has 6 nitrogen and oxygen atoms in total. The van der Waals surface area contributed by atoms with E-state index in [1.165, 1.54) is 6.07 Å². The van der Waals surface area contributed by atoms with Gasteiger partial charge in [0.25, 0.3) is 5.69 Å². The van der Waals surface area contributed by atoms with Crippen molar-refractivity contribution in [1.82, 2.24) is 4.90 Å². The molecule has 0 bridgehead atoms. The Kier molecular flexibility index (Phi) is 4.92. The zero-order chi connectivity index (χ0) is 14.5. The number of nitrogens with two attached hydrogens (primary N) is 1. The molecule has 1 aliphatic rings. The number of hydrogen-bond acceptors (Lipinski definition) is 5. The zero-order valence-electron chi connectivity index (χ0n) is 11.5.